The SMILES string of the molecule is O=C(O)OC1=C(c2ccccc2)CON1. The van der Waals surface area contributed by atoms with E-state index in [0.29, 0.717) is 5.57 Å². The van der Waals surface area contributed by atoms with E-state index in [-0.39, 0.29) is 12.5 Å². The van der Waals surface area contributed by atoms with Gasteiger partial charge in [-0.1, -0.05) is 30.3 Å². The maximum Gasteiger partial charge on any atom is 0.512 e. The maximum atomic E-state index is 10.4. The fraction of sp³-hybridized carbons (Fsp3) is 0.100. The third-order valence-corrected chi connectivity index (χ3v) is 1.97. The van der Waals surface area contributed by atoms with Crippen LogP contribution in [0.2, 0.25) is 0 Å². The molecule has 0 spiro atoms. The number of rotatable bonds is 2. The average molecular weight is 207 g/mol. The molecule has 1 aromatic carbocycles. The van der Waals surface area contributed by atoms with Crippen LogP contribution in [0.3, 0.4) is 0 Å². The van der Waals surface area contributed by atoms with E-state index in [1.165, 1.54) is 0 Å². The van der Waals surface area contributed by atoms with Gasteiger partial charge in [0.05, 0.1) is 5.57 Å². The Kier molecular flexibility index (Phi) is 2.55. The summed E-state index contributed by atoms with van der Waals surface area (Å²) in [5.41, 5.74) is 3.98. The summed E-state index contributed by atoms with van der Waals surface area (Å²) in [6.07, 6.45) is -1.36. The van der Waals surface area contributed by atoms with Crippen molar-refractivity contribution in [2.75, 3.05) is 6.61 Å². The molecule has 0 saturated heterocycles. The predicted octanol–water partition coefficient (Wildman–Crippen LogP) is 1.58. The third kappa shape index (κ3) is 2.08. The Morgan fingerprint density at radius 2 is 2.13 bits per heavy atom. The summed E-state index contributed by atoms with van der Waals surface area (Å²) in [7, 11) is 0. The minimum absolute atomic E-state index is 0.133. The molecule has 2 N–H and O–H groups in total. The molecule has 5 nitrogen and oxygen atoms in total. The number of ether oxygens (including phenoxy) is 1. The minimum Gasteiger partial charge on any atom is -0.449 e. The van der Waals surface area contributed by atoms with Crippen molar-refractivity contribution in [2.24, 2.45) is 0 Å². The second-order valence-corrected chi connectivity index (χ2v) is 2.93. The molecule has 1 heterocycles. The Bertz CT molecular complexity index is 399. The smallest absolute Gasteiger partial charge is 0.449 e. The highest BCUT2D eigenvalue weighted by Gasteiger charge is 2.20. The second kappa shape index (κ2) is 4.02. The topological polar surface area (TPSA) is 67.8 Å². The van der Waals surface area contributed by atoms with Crippen LogP contribution in [0.25, 0.3) is 5.57 Å². The van der Waals surface area contributed by atoms with Crippen LogP contribution in [0, 0.1) is 0 Å². The zero-order chi connectivity index (χ0) is 10.7. The number of nitrogens with one attached hydrogen (secondary N) is 1. The molecule has 0 aromatic heterocycles. The predicted molar refractivity (Wildman–Crippen MR) is 51.6 cm³/mol. The molecule has 15 heavy (non-hydrogen) atoms. The van der Waals surface area contributed by atoms with Crippen molar-refractivity contribution in [3.05, 3.63) is 41.8 Å². The van der Waals surface area contributed by atoms with E-state index in [1.807, 2.05) is 30.3 Å². The fourth-order valence-corrected chi connectivity index (χ4v) is 1.32. The van der Waals surface area contributed by atoms with E-state index in [2.05, 4.69) is 10.2 Å². The van der Waals surface area contributed by atoms with Crippen molar-refractivity contribution in [1.29, 1.82) is 0 Å². The van der Waals surface area contributed by atoms with Gasteiger partial charge in [0.2, 0.25) is 5.88 Å². The van der Waals surface area contributed by atoms with Crippen LogP contribution in [-0.2, 0) is 9.57 Å². The van der Waals surface area contributed by atoms with Gasteiger partial charge in [-0.25, -0.2) is 10.3 Å². The van der Waals surface area contributed by atoms with Crippen LogP contribution in [0.5, 0.6) is 0 Å². The molecule has 78 valence electrons. The number of carbonyl (C=O) groups is 1. The van der Waals surface area contributed by atoms with Crippen LogP contribution >= 0.6 is 0 Å². The maximum absolute atomic E-state index is 10.4. The summed E-state index contributed by atoms with van der Waals surface area (Å²) in [4.78, 5) is 15.3. The van der Waals surface area contributed by atoms with Gasteiger partial charge in [0.25, 0.3) is 0 Å². The molecule has 2 rings (SSSR count). The highest BCUT2D eigenvalue weighted by Crippen LogP contribution is 2.22. The van der Waals surface area contributed by atoms with Crippen LogP contribution in [-0.4, -0.2) is 17.9 Å². The van der Waals surface area contributed by atoms with E-state index < -0.39 is 6.16 Å². The van der Waals surface area contributed by atoms with Crippen molar-refractivity contribution >= 4 is 11.7 Å². The monoisotopic (exact) mass is 207 g/mol. The molecule has 1 aliphatic heterocycles. The summed E-state index contributed by atoms with van der Waals surface area (Å²) in [6.45, 7) is 0.284. The summed E-state index contributed by atoms with van der Waals surface area (Å²) in [5.74, 6) is 0.133. The lowest BCUT2D eigenvalue weighted by Crippen LogP contribution is -2.12. The highest BCUT2D eigenvalue weighted by molar-refractivity contribution is 5.71. The lowest BCUT2D eigenvalue weighted by atomic mass is 10.1. The number of carboxylic acid groups (broad SMARTS) is 1. The summed E-state index contributed by atoms with van der Waals surface area (Å²) >= 11 is 0. The fourth-order valence-electron chi connectivity index (χ4n) is 1.32. The van der Waals surface area contributed by atoms with Crippen molar-refractivity contribution in [3.63, 3.8) is 0 Å². The van der Waals surface area contributed by atoms with Gasteiger partial charge in [-0.2, -0.15) is 0 Å². The number of hydroxylamine groups is 1. The molecule has 0 bridgehead atoms. The van der Waals surface area contributed by atoms with E-state index in [4.69, 9.17) is 9.94 Å². The summed E-state index contributed by atoms with van der Waals surface area (Å²) in [6, 6.07) is 9.32. The van der Waals surface area contributed by atoms with Crippen molar-refractivity contribution in [2.45, 2.75) is 0 Å². The molecule has 0 unspecified atom stereocenters. The molecule has 0 aliphatic carbocycles. The van der Waals surface area contributed by atoms with Crippen molar-refractivity contribution < 1.29 is 19.5 Å². The van der Waals surface area contributed by atoms with E-state index in [9.17, 15) is 4.79 Å². The van der Waals surface area contributed by atoms with Gasteiger partial charge in [0.1, 0.15) is 6.61 Å². The standard InChI is InChI=1S/C10H9NO4/c12-10(13)15-9-8(6-14-11-9)7-4-2-1-3-5-7/h1-5,11H,6H2,(H,12,13). The zero-order valence-corrected chi connectivity index (χ0v) is 7.77. The van der Waals surface area contributed by atoms with Gasteiger partial charge in [-0.3, -0.25) is 4.84 Å². The largest absolute Gasteiger partial charge is 0.512 e. The van der Waals surface area contributed by atoms with Gasteiger partial charge < -0.3 is 9.84 Å². The van der Waals surface area contributed by atoms with Crippen LogP contribution in [0.1, 0.15) is 5.56 Å². The summed E-state index contributed by atoms with van der Waals surface area (Å²) < 4.78 is 4.54. The Labute approximate surface area is 85.9 Å². The van der Waals surface area contributed by atoms with Gasteiger partial charge in [0.15, 0.2) is 0 Å². The molecule has 0 atom stereocenters. The van der Waals surface area contributed by atoms with Crippen LogP contribution in [0.15, 0.2) is 36.2 Å². The Morgan fingerprint density at radius 1 is 1.40 bits per heavy atom. The highest BCUT2D eigenvalue weighted by atomic mass is 16.7. The quantitative estimate of drug-likeness (QED) is 0.720. The van der Waals surface area contributed by atoms with E-state index >= 15 is 0 Å². The minimum atomic E-state index is -1.36. The Morgan fingerprint density at radius 3 is 2.80 bits per heavy atom. The lowest BCUT2D eigenvalue weighted by molar-refractivity contribution is 0.0563. The average Bonchev–Trinajstić information content (AvgIpc) is 2.66. The molecule has 0 radical (unpaired) electrons. The zero-order valence-electron chi connectivity index (χ0n) is 7.77. The third-order valence-electron chi connectivity index (χ3n) is 1.97. The molecular weight excluding hydrogens is 198 g/mol. The normalized spacial score (nSPS) is 14.9. The molecule has 0 amide bonds. The lowest BCUT2D eigenvalue weighted by Gasteiger charge is -2.03. The van der Waals surface area contributed by atoms with Crippen molar-refractivity contribution in [1.82, 2.24) is 5.48 Å². The van der Waals surface area contributed by atoms with E-state index in [1.54, 1.807) is 0 Å². The Hall–Kier alpha value is -2.01. The first kappa shape index (κ1) is 9.54. The molecule has 0 saturated carbocycles. The molecule has 1 aliphatic rings. The first-order valence-electron chi connectivity index (χ1n) is 4.34. The molecule has 0 fully saturated rings. The Balaban J connectivity index is 2.30. The molecule has 1 aromatic rings. The second-order valence-electron chi connectivity index (χ2n) is 2.93. The van der Waals surface area contributed by atoms with Crippen LogP contribution < -0.4 is 5.48 Å². The first-order chi connectivity index (χ1) is 7.27. The summed E-state index contributed by atoms with van der Waals surface area (Å²) in [5, 5.41) is 8.49. The van der Waals surface area contributed by atoms with Gasteiger partial charge >= 0.3 is 6.16 Å². The number of hydrogen-bond acceptors (Lipinski definition) is 4. The van der Waals surface area contributed by atoms with Gasteiger partial charge in [-0.15, -0.1) is 0 Å². The molecular formula is C10H9NO4. The first-order valence-corrected chi connectivity index (χ1v) is 4.34. The van der Waals surface area contributed by atoms with E-state index in [0.717, 1.165) is 5.56 Å². The van der Waals surface area contributed by atoms with Gasteiger partial charge in [0, 0.05) is 0 Å². The van der Waals surface area contributed by atoms with Gasteiger partial charge in [-0.05, 0) is 5.56 Å². The number of benzene rings is 1. The number of hydrogen-bond donors (Lipinski definition) is 2. The molecule has 5 heteroatoms. The van der Waals surface area contributed by atoms with Crippen LogP contribution in [0.4, 0.5) is 4.79 Å². The van der Waals surface area contributed by atoms with Crippen molar-refractivity contribution in [3.8, 4) is 0 Å².